The SMILES string of the molecule is CC(C)=C1N(C)C(=O)N(C)CCCN1C(C)C. The summed E-state index contributed by atoms with van der Waals surface area (Å²) in [5.74, 6) is 1.05. The molecule has 4 heteroatoms. The van der Waals surface area contributed by atoms with E-state index in [1.54, 1.807) is 9.80 Å². The van der Waals surface area contributed by atoms with E-state index in [-0.39, 0.29) is 6.03 Å². The molecule has 1 fully saturated rings. The van der Waals surface area contributed by atoms with Crippen molar-refractivity contribution in [1.82, 2.24) is 14.7 Å². The third-order valence-corrected chi connectivity index (χ3v) is 3.17. The smallest absolute Gasteiger partial charge is 0.325 e. The maximum absolute atomic E-state index is 12.2. The van der Waals surface area contributed by atoms with Crippen molar-refractivity contribution in [2.45, 2.75) is 40.2 Å². The molecule has 0 aromatic rings. The maximum atomic E-state index is 12.2. The Morgan fingerprint density at radius 3 is 2.24 bits per heavy atom. The number of nitrogens with zero attached hydrogens (tertiary/aromatic N) is 3. The van der Waals surface area contributed by atoms with Gasteiger partial charge < -0.3 is 9.80 Å². The molecule has 0 unspecified atom stereocenters. The Kier molecular flexibility index (Phi) is 4.43. The van der Waals surface area contributed by atoms with E-state index in [9.17, 15) is 4.79 Å². The molecule has 1 aliphatic heterocycles. The molecule has 0 radical (unpaired) electrons. The van der Waals surface area contributed by atoms with Gasteiger partial charge in [-0.1, -0.05) is 0 Å². The predicted octanol–water partition coefficient (Wildman–Crippen LogP) is 2.34. The van der Waals surface area contributed by atoms with E-state index in [2.05, 4.69) is 32.6 Å². The Labute approximate surface area is 105 Å². The monoisotopic (exact) mass is 239 g/mol. The largest absolute Gasteiger partial charge is 0.355 e. The van der Waals surface area contributed by atoms with Crippen molar-refractivity contribution in [1.29, 1.82) is 0 Å². The van der Waals surface area contributed by atoms with Crippen molar-refractivity contribution in [2.75, 3.05) is 27.2 Å². The number of urea groups is 1. The second-order valence-electron chi connectivity index (χ2n) is 5.23. The summed E-state index contributed by atoms with van der Waals surface area (Å²) in [6.45, 7) is 10.3. The molecule has 0 saturated carbocycles. The average molecular weight is 239 g/mol. The summed E-state index contributed by atoms with van der Waals surface area (Å²) >= 11 is 0. The normalized spacial score (nSPS) is 18.6. The van der Waals surface area contributed by atoms with Gasteiger partial charge in [0.15, 0.2) is 0 Å². The van der Waals surface area contributed by atoms with Crippen molar-refractivity contribution < 1.29 is 4.79 Å². The van der Waals surface area contributed by atoms with Crippen molar-refractivity contribution in [3.63, 3.8) is 0 Å². The zero-order valence-corrected chi connectivity index (χ0v) is 11.9. The number of allylic oxidation sites excluding steroid dienone is 1. The lowest BCUT2D eigenvalue weighted by Crippen LogP contribution is -2.49. The van der Waals surface area contributed by atoms with Crippen LogP contribution in [0.3, 0.4) is 0 Å². The molecule has 98 valence electrons. The van der Waals surface area contributed by atoms with Gasteiger partial charge in [0.25, 0.3) is 0 Å². The zero-order valence-electron chi connectivity index (χ0n) is 11.9. The Balaban J connectivity index is 3.11. The lowest BCUT2D eigenvalue weighted by Gasteiger charge is -2.40. The number of hydrogen-bond donors (Lipinski definition) is 0. The van der Waals surface area contributed by atoms with Gasteiger partial charge in [0.2, 0.25) is 0 Å². The minimum Gasteiger partial charge on any atom is -0.355 e. The molecular formula is C13H25N3O. The zero-order chi connectivity index (χ0) is 13.2. The minimum atomic E-state index is 0.0755. The average Bonchev–Trinajstić information content (AvgIpc) is 2.23. The van der Waals surface area contributed by atoms with Gasteiger partial charge in [0, 0.05) is 33.2 Å². The molecule has 0 spiro atoms. The van der Waals surface area contributed by atoms with Crippen LogP contribution in [0.5, 0.6) is 0 Å². The van der Waals surface area contributed by atoms with Crippen LogP contribution in [0.1, 0.15) is 34.1 Å². The second-order valence-corrected chi connectivity index (χ2v) is 5.23. The molecule has 1 aliphatic rings. The molecule has 2 amide bonds. The van der Waals surface area contributed by atoms with Crippen LogP contribution in [0.4, 0.5) is 4.79 Å². The molecule has 0 bridgehead atoms. The first-order valence-electron chi connectivity index (χ1n) is 6.29. The first-order chi connectivity index (χ1) is 7.86. The van der Waals surface area contributed by atoms with Crippen LogP contribution in [0, 0.1) is 0 Å². The van der Waals surface area contributed by atoms with E-state index in [1.165, 1.54) is 5.57 Å². The van der Waals surface area contributed by atoms with E-state index in [0.717, 1.165) is 25.3 Å². The summed E-state index contributed by atoms with van der Waals surface area (Å²) in [5, 5.41) is 0. The van der Waals surface area contributed by atoms with Gasteiger partial charge in [-0.05, 0) is 39.7 Å². The summed E-state index contributed by atoms with van der Waals surface area (Å²) in [4.78, 5) is 18.1. The first kappa shape index (κ1) is 13.9. The summed E-state index contributed by atoms with van der Waals surface area (Å²) in [5.41, 5.74) is 1.19. The van der Waals surface area contributed by atoms with Gasteiger partial charge in [0.05, 0.1) is 0 Å². The minimum absolute atomic E-state index is 0.0755. The summed E-state index contributed by atoms with van der Waals surface area (Å²) in [6.07, 6.45) is 1.02. The molecule has 0 aliphatic carbocycles. The lowest BCUT2D eigenvalue weighted by molar-refractivity contribution is 0.136. The highest BCUT2D eigenvalue weighted by molar-refractivity contribution is 5.76. The van der Waals surface area contributed by atoms with E-state index < -0.39 is 0 Å². The Bertz CT molecular complexity index is 319. The van der Waals surface area contributed by atoms with E-state index in [1.807, 2.05) is 14.1 Å². The van der Waals surface area contributed by atoms with E-state index in [0.29, 0.717) is 6.04 Å². The topological polar surface area (TPSA) is 26.8 Å². The van der Waals surface area contributed by atoms with Crippen molar-refractivity contribution in [3.8, 4) is 0 Å². The van der Waals surface area contributed by atoms with Gasteiger partial charge in [-0.2, -0.15) is 0 Å². The molecule has 0 N–H and O–H groups in total. The number of hydrogen-bond acceptors (Lipinski definition) is 2. The summed E-state index contributed by atoms with van der Waals surface area (Å²) in [7, 11) is 3.73. The molecule has 1 saturated heterocycles. The fourth-order valence-electron chi connectivity index (χ4n) is 2.34. The highest BCUT2D eigenvalue weighted by Gasteiger charge is 2.26. The Hall–Kier alpha value is -1.19. The van der Waals surface area contributed by atoms with E-state index >= 15 is 0 Å². The summed E-state index contributed by atoms with van der Waals surface area (Å²) in [6, 6.07) is 0.491. The van der Waals surface area contributed by atoms with Crippen LogP contribution < -0.4 is 0 Å². The van der Waals surface area contributed by atoms with Gasteiger partial charge in [0.1, 0.15) is 5.82 Å². The molecule has 0 aromatic carbocycles. The lowest BCUT2D eigenvalue weighted by atomic mass is 10.2. The van der Waals surface area contributed by atoms with Crippen LogP contribution >= 0.6 is 0 Å². The Morgan fingerprint density at radius 2 is 1.76 bits per heavy atom. The summed E-state index contributed by atoms with van der Waals surface area (Å²) < 4.78 is 0. The van der Waals surface area contributed by atoms with Crippen molar-refractivity contribution in [2.24, 2.45) is 0 Å². The Morgan fingerprint density at radius 1 is 1.18 bits per heavy atom. The maximum Gasteiger partial charge on any atom is 0.325 e. The predicted molar refractivity (Wildman–Crippen MR) is 70.6 cm³/mol. The fraction of sp³-hybridized carbons (Fsp3) is 0.769. The van der Waals surface area contributed by atoms with Crippen LogP contribution in [0.15, 0.2) is 11.4 Å². The van der Waals surface area contributed by atoms with Crippen LogP contribution in [0.25, 0.3) is 0 Å². The van der Waals surface area contributed by atoms with Crippen LogP contribution in [0.2, 0.25) is 0 Å². The molecule has 17 heavy (non-hydrogen) atoms. The molecule has 4 nitrogen and oxygen atoms in total. The third-order valence-electron chi connectivity index (χ3n) is 3.17. The highest BCUT2D eigenvalue weighted by Crippen LogP contribution is 2.21. The second kappa shape index (κ2) is 5.43. The molecule has 0 aromatic heterocycles. The number of carbonyl (C=O) groups is 1. The van der Waals surface area contributed by atoms with Gasteiger partial charge in [-0.25, -0.2) is 4.79 Å². The van der Waals surface area contributed by atoms with Crippen LogP contribution in [-0.4, -0.2) is 54.0 Å². The third kappa shape index (κ3) is 2.93. The molecule has 0 atom stereocenters. The quantitative estimate of drug-likeness (QED) is 0.702. The number of amides is 2. The van der Waals surface area contributed by atoms with Gasteiger partial charge >= 0.3 is 6.03 Å². The number of carbonyl (C=O) groups excluding carboxylic acids is 1. The van der Waals surface area contributed by atoms with E-state index in [4.69, 9.17) is 0 Å². The fourth-order valence-corrected chi connectivity index (χ4v) is 2.34. The molecule has 1 rings (SSSR count). The van der Waals surface area contributed by atoms with Crippen LogP contribution in [-0.2, 0) is 0 Å². The first-order valence-corrected chi connectivity index (χ1v) is 6.29. The molecular weight excluding hydrogens is 214 g/mol. The van der Waals surface area contributed by atoms with Crippen molar-refractivity contribution >= 4 is 6.03 Å². The van der Waals surface area contributed by atoms with Crippen molar-refractivity contribution in [3.05, 3.63) is 11.4 Å². The highest BCUT2D eigenvalue weighted by atomic mass is 16.2. The molecule has 1 heterocycles. The standard InChI is InChI=1S/C13H25N3O/c1-10(2)12-15(6)13(17)14(5)8-7-9-16(12)11(3)4/h11H,7-9H2,1-6H3. The van der Waals surface area contributed by atoms with Gasteiger partial charge in [-0.15, -0.1) is 0 Å². The van der Waals surface area contributed by atoms with Gasteiger partial charge in [-0.3, -0.25) is 4.90 Å². The number of rotatable bonds is 1.